The second-order valence-corrected chi connectivity index (χ2v) is 3.57. The Labute approximate surface area is 96.6 Å². The predicted molar refractivity (Wildman–Crippen MR) is 55.6 cm³/mol. The Morgan fingerprint density at radius 2 is 2.25 bits per heavy atom. The van der Waals surface area contributed by atoms with Gasteiger partial charge in [-0.2, -0.15) is 5.10 Å². The highest BCUT2D eigenvalue weighted by molar-refractivity contribution is 6.31. The van der Waals surface area contributed by atoms with Crippen LogP contribution >= 0.6 is 11.6 Å². The minimum absolute atomic E-state index is 0.0840. The molecule has 0 fully saturated rings. The third-order valence-electron chi connectivity index (χ3n) is 2.03. The van der Waals surface area contributed by atoms with Gasteiger partial charge in [0.25, 0.3) is 6.43 Å². The molecular weight excluding hydrogens is 240 g/mol. The molecule has 0 aliphatic carbocycles. The normalized spacial score (nSPS) is 10.9. The van der Waals surface area contributed by atoms with Crippen LogP contribution < -0.4 is 5.32 Å². The van der Waals surface area contributed by atoms with Crippen molar-refractivity contribution in [1.82, 2.24) is 15.1 Å². The zero-order chi connectivity index (χ0) is 12.3. The minimum atomic E-state index is -2.73. The van der Waals surface area contributed by atoms with Crippen LogP contribution in [0.4, 0.5) is 8.78 Å². The summed E-state index contributed by atoms with van der Waals surface area (Å²) < 4.78 is 26.1. The predicted octanol–water partition coefficient (Wildman–Crippen LogP) is 1.92. The number of alkyl halides is 2. The topological polar surface area (TPSA) is 46.9 Å². The lowest BCUT2D eigenvalue weighted by Gasteiger charge is -2.03. The number of carbonyl (C=O) groups is 1. The lowest BCUT2D eigenvalue weighted by Crippen LogP contribution is -2.28. The van der Waals surface area contributed by atoms with E-state index in [0.717, 1.165) is 0 Å². The van der Waals surface area contributed by atoms with Crippen LogP contribution in [0.15, 0.2) is 0 Å². The maximum absolute atomic E-state index is 12.4. The second kappa shape index (κ2) is 5.25. The van der Waals surface area contributed by atoms with Crippen LogP contribution in [0.2, 0.25) is 5.02 Å². The molecule has 1 N–H and O–H groups in total. The van der Waals surface area contributed by atoms with Gasteiger partial charge in [-0.3, -0.25) is 9.48 Å². The van der Waals surface area contributed by atoms with E-state index in [9.17, 15) is 13.6 Å². The van der Waals surface area contributed by atoms with Gasteiger partial charge in [0.1, 0.15) is 12.2 Å². The van der Waals surface area contributed by atoms with Gasteiger partial charge in [0.15, 0.2) is 0 Å². The number of halogens is 3. The van der Waals surface area contributed by atoms with Gasteiger partial charge < -0.3 is 5.32 Å². The highest BCUT2D eigenvalue weighted by Crippen LogP contribution is 2.28. The summed E-state index contributed by atoms with van der Waals surface area (Å²) in [5, 5.41) is 6.07. The molecule has 0 aliphatic heterocycles. The molecular formula is C9H12ClF2N3O. The highest BCUT2D eigenvalue weighted by Gasteiger charge is 2.21. The molecule has 1 heterocycles. The first-order chi connectivity index (χ1) is 7.47. The molecule has 16 heavy (non-hydrogen) atoms. The molecule has 1 aromatic heterocycles. The third-order valence-corrected chi connectivity index (χ3v) is 2.50. The van der Waals surface area contributed by atoms with E-state index in [0.29, 0.717) is 12.2 Å². The Bertz CT molecular complexity index is 392. The van der Waals surface area contributed by atoms with Crippen molar-refractivity contribution >= 4 is 17.5 Å². The van der Waals surface area contributed by atoms with E-state index in [1.54, 1.807) is 13.8 Å². The van der Waals surface area contributed by atoms with E-state index >= 15 is 0 Å². The van der Waals surface area contributed by atoms with Gasteiger partial charge in [0, 0.05) is 6.54 Å². The van der Waals surface area contributed by atoms with Crippen LogP contribution in [0.3, 0.4) is 0 Å². The highest BCUT2D eigenvalue weighted by atomic mass is 35.5. The van der Waals surface area contributed by atoms with Crippen LogP contribution in [0.1, 0.15) is 24.7 Å². The van der Waals surface area contributed by atoms with Crippen molar-refractivity contribution in [3.05, 3.63) is 16.4 Å². The molecule has 1 amide bonds. The SMILES string of the molecule is CCNC(=O)Cn1nc(C(F)F)c(Cl)c1C. The molecule has 4 nitrogen and oxygen atoms in total. The van der Waals surface area contributed by atoms with Crippen LogP contribution in [0.5, 0.6) is 0 Å². The number of nitrogens with one attached hydrogen (secondary N) is 1. The van der Waals surface area contributed by atoms with Crippen molar-refractivity contribution in [1.29, 1.82) is 0 Å². The molecule has 0 spiro atoms. The molecule has 90 valence electrons. The Morgan fingerprint density at radius 1 is 1.62 bits per heavy atom. The zero-order valence-electron chi connectivity index (χ0n) is 8.93. The van der Waals surface area contributed by atoms with Crippen LogP contribution in [0.25, 0.3) is 0 Å². The zero-order valence-corrected chi connectivity index (χ0v) is 9.68. The fourth-order valence-corrected chi connectivity index (χ4v) is 1.45. The van der Waals surface area contributed by atoms with E-state index in [1.165, 1.54) is 4.68 Å². The standard InChI is InChI=1S/C9H12ClF2N3O/c1-3-13-6(16)4-15-5(2)7(10)8(14-15)9(11)12/h9H,3-4H2,1-2H3,(H,13,16). The Balaban J connectivity index is 2.89. The van der Waals surface area contributed by atoms with Crippen molar-refractivity contribution in [2.24, 2.45) is 0 Å². The van der Waals surface area contributed by atoms with Gasteiger partial charge in [0.05, 0.1) is 10.7 Å². The Morgan fingerprint density at radius 3 is 2.69 bits per heavy atom. The average Bonchev–Trinajstić information content (AvgIpc) is 2.46. The minimum Gasteiger partial charge on any atom is -0.355 e. The maximum Gasteiger partial charge on any atom is 0.283 e. The van der Waals surface area contributed by atoms with Gasteiger partial charge in [-0.15, -0.1) is 0 Å². The fourth-order valence-electron chi connectivity index (χ4n) is 1.23. The first-order valence-corrected chi connectivity index (χ1v) is 5.12. The third kappa shape index (κ3) is 2.69. The smallest absolute Gasteiger partial charge is 0.283 e. The van der Waals surface area contributed by atoms with Gasteiger partial charge in [-0.25, -0.2) is 8.78 Å². The summed E-state index contributed by atoms with van der Waals surface area (Å²) >= 11 is 5.67. The fraction of sp³-hybridized carbons (Fsp3) is 0.556. The number of likely N-dealkylation sites (N-methyl/N-ethyl adjacent to an activating group) is 1. The molecule has 0 saturated heterocycles. The van der Waals surface area contributed by atoms with Gasteiger partial charge >= 0.3 is 0 Å². The molecule has 1 rings (SSSR count). The molecule has 1 aromatic rings. The summed E-state index contributed by atoms with van der Waals surface area (Å²) in [6, 6.07) is 0. The molecule has 0 unspecified atom stereocenters. The molecule has 0 atom stereocenters. The largest absolute Gasteiger partial charge is 0.355 e. The summed E-state index contributed by atoms with van der Waals surface area (Å²) in [5.41, 5.74) is -0.119. The van der Waals surface area contributed by atoms with Crippen molar-refractivity contribution in [2.75, 3.05) is 6.54 Å². The van der Waals surface area contributed by atoms with E-state index in [2.05, 4.69) is 10.4 Å². The van der Waals surface area contributed by atoms with E-state index in [4.69, 9.17) is 11.6 Å². The molecule has 0 aromatic carbocycles. The quantitative estimate of drug-likeness (QED) is 0.889. The molecule has 0 aliphatic rings. The van der Waals surface area contributed by atoms with Crippen molar-refractivity contribution in [3.63, 3.8) is 0 Å². The second-order valence-electron chi connectivity index (χ2n) is 3.20. The van der Waals surface area contributed by atoms with Crippen LogP contribution in [0, 0.1) is 6.92 Å². The first-order valence-electron chi connectivity index (χ1n) is 4.75. The van der Waals surface area contributed by atoms with E-state index in [1.807, 2.05) is 0 Å². The van der Waals surface area contributed by atoms with Crippen molar-refractivity contribution < 1.29 is 13.6 Å². The lowest BCUT2D eigenvalue weighted by molar-refractivity contribution is -0.121. The van der Waals surface area contributed by atoms with Crippen LogP contribution in [-0.2, 0) is 11.3 Å². The van der Waals surface area contributed by atoms with E-state index < -0.39 is 12.1 Å². The number of nitrogens with zero attached hydrogens (tertiary/aromatic N) is 2. The number of amides is 1. The van der Waals surface area contributed by atoms with Gasteiger partial charge in [-0.05, 0) is 13.8 Å². The molecule has 0 bridgehead atoms. The number of hydrogen-bond donors (Lipinski definition) is 1. The van der Waals surface area contributed by atoms with Crippen molar-refractivity contribution in [2.45, 2.75) is 26.8 Å². The summed E-state index contributed by atoms with van der Waals surface area (Å²) in [5.74, 6) is -0.286. The molecule has 0 radical (unpaired) electrons. The monoisotopic (exact) mass is 251 g/mol. The number of hydrogen-bond acceptors (Lipinski definition) is 2. The van der Waals surface area contributed by atoms with E-state index in [-0.39, 0.29) is 17.5 Å². The lowest BCUT2D eigenvalue weighted by atomic mass is 10.4. The Hall–Kier alpha value is -1.17. The average molecular weight is 252 g/mol. The summed E-state index contributed by atoms with van der Waals surface area (Å²) in [4.78, 5) is 11.3. The molecule has 0 saturated carbocycles. The number of aromatic nitrogens is 2. The van der Waals surface area contributed by atoms with Crippen LogP contribution in [-0.4, -0.2) is 22.2 Å². The summed E-state index contributed by atoms with van der Waals surface area (Å²) in [6.45, 7) is 3.69. The van der Waals surface area contributed by atoms with Gasteiger partial charge in [-0.1, -0.05) is 11.6 Å². The van der Waals surface area contributed by atoms with Gasteiger partial charge in [0.2, 0.25) is 5.91 Å². The summed E-state index contributed by atoms with van der Waals surface area (Å²) in [6.07, 6.45) is -2.73. The molecule has 7 heteroatoms. The number of carbonyl (C=O) groups excluding carboxylic acids is 1. The first kappa shape index (κ1) is 12.9. The maximum atomic E-state index is 12.4. The Kier molecular flexibility index (Phi) is 4.23. The summed E-state index contributed by atoms with van der Waals surface area (Å²) in [7, 11) is 0. The number of rotatable bonds is 4. The van der Waals surface area contributed by atoms with Crippen molar-refractivity contribution in [3.8, 4) is 0 Å².